The highest BCUT2D eigenvalue weighted by molar-refractivity contribution is 6.20. The van der Waals surface area contributed by atoms with Crippen LogP contribution in [-0.2, 0) is 14.9 Å². The van der Waals surface area contributed by atoms with Gasteiger partial charge >= 0.3 is 5.97 Å². The lowest BCUT2D eigenvalue weighted by Gasteiger charge is -2.20. The van der Waals surface area contributed by atoms with E-state index in [1.807, 2.05) is 20.8 Å². The maximum Gasteiger partial charge on any atom is 0.305 e. The fourth-order valence-corrected chi connectivity index (χ4v) is 2.42. The van der Waals surface area contributed by atoms with E-state index in [1.165, 1.54) is 6.07 Å². The first-order valence-corrected chi connectivity index (χ1v) is 7.69. The maximum absolute atomic E-state index is 11.4. The largest absolute Gasteiger partial charge is 0.466 e. The van der Waals surface area contributed by atoms with Crippen molar-refractivity contribution in [3.63, 3.8) is 0 Å². The van der Waals surface area contributed by atoms with Crippen LogP contribution < -0.4 is 0 Å². The average molecular weight is 328 g/mol. The zero-order valence-corrected chi connectivity index (χ0v) is 14.1. The molecule has 0 amide bonds. The van der Waals surface area contributed by atoms with Gasteiger partial charge in [0, 0.05) is 18.1 Å². The van der Waals surface area contributed by atoms with Gasteiger partial charge in [0.1, 0.15) is 0 Å². The summed E-state index contributed by atoms with van der Waals surface area (Å²) in [7, 11) is 0. The normalized spacial score (nSPS) is 12.8. The fourth-order valence-electron chi connectivity index (χ4n) is 2.17. The van der Waals surface area contributed by atoms with E-state index in [-0.39, 0.29) is 28.4 Å². The third-order valence-electron chi connectivity index (χ3n) is 3.30. The molecule has 0 heterocycles. The summed E-state index contributed by atoms with van der Waals surface area (Å²) in [6, 6.07) is 5.03. The number of ether oxygens (including phenoxy) is 1. The minimum atomic E-state index is -0.461. The SMILES string of the molecule is CCOC(=O)CCC(Cl)c1ccc(C(C)(C)C)c([N+](=O)[O-])c1. The first-order chi connectivity index (χ1) is 10.2. The van der Waals surface area contributed by atoms with Gasteiger partial charge in [-0.25, -0.2) is 0 Å². The zero-order valence-electron chi connectivity index (χ0n) is 13.4. The van der Waals surface area contributed by atoms with Crippen LogP contribution in [0.15, 0.2) is 18.2 Å². The number of esters is 1. The van der Waals surface area contributed by atoms with Crippen molar-refractivity contribution in [1.29, 1.82) is 0 Å². The van der Waals surface area contributed by atoms with Crippen LogP contribution in [0.1, 0.15) is 57.0 Å². The smallest absolute Gasteiger partial charge is 0.305 e. The van der Waals surface area contributed by atoms with Gasteiger partial charge in [-0.2, -0.15) is 0 Å². The number of carbonyl (C=O) groups is 1. The molecule has 0 aliphatic carbocycles. The van der Waals surface area contributed by atoms with Gasteiger partial charge in [0.05, 0.1) is 16.9 Å². The highest BCUT2D eigenvalue weighted by Crippen LogP contribution is 2.35. The molecule has 1 aromatic rings. The molecule has 0 aromatic heterocycles. The van der Waals surface area contributed by atoms with Crippen LogP contribution in [0.3, 0.4) is 0 Å². The molecule has 1 rings (SSSR count). The number of rotatable bonds is 6. The van der Waals surface area contributed by atoms with Gasteiger partial charge < -0.3 is 4.74 Å². The number of nitro groups is 1. The molecule has 0 aliphatic heterocycles. The van der Waals surface area contributed by atoms with Gasteiger partial charge in [-0.1, -0.05) is 32.9 Å². The second-order valence-electron chi connectivity index (χ2n) is 6.09. The molecular formula is C16H22ClNO4. The lowest BCUT2D eigenvalue weighted by Crippen LogP contribution is -2.14. The van der Waals surface area contributed by atoms with Crippen molar-refractivity contribution in [2.45, 2.75) is 51.3 Å². The highest BCUT2D eigenvalue weighted by Gasteiger charge is 2.26. The van der Waals surface area contributed by atoms with Crippen LogP contribution in [0.4, 0.5) is 5.69 Å². The molecule has 0 saturated carbocycles. The van der Waals surface area contributed by atoms with E-state index in [1.54, 1.807) is 19.1 Å². The molecular weight excluding hydrogens is 306 g/mol. The molecule has 1 aromatic carbocycles. The lowest BCUT2D eigenvalue weighted by atomic mass is 9.85. The first kappa shape index (κ1) is 18.4. The Balaban J connectivity index is 2.95. The molecule has 0 N–H and O–H groups in total. The van der Waals surface area contributed by atoms with E-state index in [4.69, 9.17) is 16.3 Å². The van der Waals surface area contributed by atoms with Crippen LogP contribution in [0.5, 0.6) is 0 Å². The van der Waals surface area contributed by atoms with Crippen molar-refractivity contribution in [2.24, 2.45) is 0 Å². The molecule has 0 aliphatic rings. The Kier molecular flexibility index (Phi) is 6.35. The quantitative estimate of drug-likeness (QED) is 0.333. The van der Waals surface area contributed by atoms with Gasteiger partial charge in [0.2, 0.25) is 0 Å². The number of carbonyl (C=O) groups excluding carboxylic acids is 1. The molecule has 1 atom stereocenters. The van der Waals surface area contributed by atoms with Crippen molar-refractivity contribution < 1.29 is 14.5 Å². The maximum atomic E-state index is 11.4. The van der Waals surface area contributed by atoms with E-state index in [2.05, 4.69) is 0 Å². The molecule has 22 heavy (non-hydrogen) atoms. The summed E-state index contributed by atoms with van der Waals surface area (Å²) in [5, 5.41) is 10.8. The van der Waals surface area contributed by atoms with Crippen LogP contribution in [0, 0.1) is 10.1 Å². The monoisotopic (exact) mass is 327 g/mol. The van der Waals surface area contributed by atoms with Gasteiger partial charge in [-0.3, -0.25) is 14.9 Å². The van der Waals surface area contributed by atoms with E-state index >= 15 is 0 Å². The summed E-state index contributed by atoms with van der Waals surface area (Å²) in [4.78, 5) is 22.2. The number of hydrogen-bond donors (Lipinski definition) is 0. The number of halogens is 1. The van der Waals surface area contributed by atoms with Crippen molar-refractivity contribution >= 4 is 23.3 Å². The van der Waals surface area contributed by atoms with E-state index in [0.717, 1.165) is 0 Å². The summed E-state index contributed by atoms with van der Waals surface area (Å²) in [5.74, 6) is -0.311. The van der Waals surface area contributed by atoms with E-state index in [0.29, 0.717) is 24.2 Å². The Morgan fingerprint density at radius 2 is 2.05 bits per heavy atom. The second-order valence-corrected chi connectivity index (χ2v) is 6.62. The zero-order chi connectivity index (χ0) is 16.9. The summed E-state index contributed by atoms with van der Waals surface area (Å²) >= 11 is 6.26. The van der Waals surface area contributed by atoms with Crippen LogP contribution >= 0.6 is 11.6 Å². The van der Waals surface area contributed by atoms with Crippen LogP contribution in [0.25, 0.3) is 0 Å². The number of nitro benzene ring substituents is 1. The van der Waals surface area contributed by atoms with Crippen molar-refractivity contribution in [3.05, 3.63) is 39.4 Å². The van der Waals surface area contributed by atoms with Gasteiger partial charge in [0.15, 0.2) is 0 Å². The number of alkyl halides is 1. The Morgan fingerprint density at radius 1 is 1.41 bits per heavy atom. The van der Waals surface area contributed by atoms with Crippen LogP contribution in [-0.4, -0.2) is 17.5 Å². The molecule has 122 valence electrons. The van der Waals surface area contributed by atoms with E-state index < -0.39 is 5.38 Å². The summed E-state index contributed by atoms with van der Waals surface area (Å²) in [6.45, 7) is 7.85. The number of benzene rings is 1. The Morgan fingerprint density at radius 3 is 2.55 bits per heavy atom. The third kappa shape index (κ3) is 4.98. The Labute approximate surface area is 135 Å². The molecule has 0 spiro atoms. The second kappa shape index (κ2) is 7.58. The third-order valence-corrected chi connectivity index (χ3v) is 3.77. The lowest BCUT2D eigenvalue weighted by molar-refractivity contribution is -0.386. The van der Waals surface area contributed by atoms with Crippen molar-refractivity contribution in [3.8, 4) is 0 Å². The number of nitrogens with zero attached hydrogens (tertiary/aromatic N) is 1. The summed E-state index contributed by atoms with van der Waals surface area (Å²) in [5.41, 5.74) is 1.04. The Bertz CT molecular complexity index is 552. The molecule has 0 radical (unpaired) electrons. The predicted octanol–water partition coefficient (Wildman–Crippen LogP) is 4.52. The Hall–Kier alpha value is -1.62. The standard InChI is InChI=1S/C16H22ClNO4/c1-5-22-15(19)9-8-13(17)11-6-7-12(16(2,3)4)14(10-11)18(20)21/h6-7,10,13H,5,8-9H2,1-4H3. The topological polar surface area (TPSA) is 69.4 Å². The van der Waals surface area contributed by atoms with Crippen molar-refractivity contribution in [1.82, 2.24) is 0 Å². The molecule has 1 unspecified atom stereocenters. The van der Waals surface area contributed by atoms with Crippen molar-refractivity contribution in [2.75, 3.05) is 6.61 Å². The minimum Gasteiger partial charge on any atom is -0.466 e. The summed E-state index contributed by atoms with van der Waals surface area (Å²) < 4.78 is 4.85. The number of hydrogen-bond acceptors (Lipinski definition) is 4. The first-order valence-electron chi connectivity index (χ1n) is 7.25. The molecule has 0 bridgehead atoms. The van der Waals surface area contributed by atoms with Gasteiger partial charge in [-0.15, -0.1) is 11.6 Å². The van der Waals surface area contributed by atoms with Gasteiger partial charge in [-0.05, 0) is 24.3 Å². The van der Waals surface area contributed by atoms with Gasteiger partial charge in [0.25, 0.3) is 5.69 Å². The summed E-state index contributed by atoms with van der Waals surface area (Å²) in [6.07, 6.45) is 0.573. The molecule has 6 heteroatoms. The molecule has 0 fully saturated rings. The average Bonchev–Trinajstić information content (AvgIpc) is 2.43. The van der Waals surface area contributed by atoms with E-state index in [9.17, 15) is 14.9 Å². The fraction of sp³-hybridized carbons (Fsp3) is 0.562. The highest BCUT2D eigenvalue weighted by atomic mass is 35.5. The molecule has 5 nitrogen and oxygen atoms in total. The minimum absolute atomic E-state index is 0.0618. The predicted molar refractivity (Wildman–Crippen MR) is 86.3 cm³/mol. The van der Waals surface area contributed by atoms with Crippen LogP contribution in [0.2, 0.25) is 0 Å². The molecule has 0 saturated heterocycles.